The maximum absolute atomic E-state index is 12.3. The van der Waals surface area contributed by atoms with Gasteiger partial charge in [0, 0.05) is 19.3 Å². The van der Waals surface area contributed by atoms with Crippen molar-refractivity contribution in [3.05, 3.63) is 29.8 Å². The molecule has 4 nitrogen and oxygen atoms in total. The van der Waals surface area contributed by atoms with Gasteiger partial charge in [0.1, 0.15) is 5.60 Å². The summed E-state index contributed by atoms with van der Waals surface area (Å²) in [5.41, 5.74) is 0.105. The van der Waals surface area contributed by atoms with E-state index >= 15 is 0 Å². The van der Waals surface area contributed by atoms with Crippen LogP contribution in [0.2, 0.25) is 0 Å². The van der Waals surface area contributed by atoms with E-state index in [1.54, 1.807) is 12.1 Å². The minimum atomic E-state index is -3.24. The Balaban J connectivity index is 2.10. The van der Waals surface area contributed by atoms with Gasteiger partial charge in [0.25, 0.3) is 0 Å². The predicted octanol–water partition coefficient (Wildman–Crippen LogP) is 1.65. The Hall–Kier alpha value is -1.36. The van der Waals surface area contributed by atoms with Crippen molar-refractivity contribution >= 4 is 15.8 Å². The van der Waals surface area contributed by atoms with E-state index in [0.717, 1.165) is 5.56 Å². The molecule has 0 bridgehead atoms. The van der Waals surface area contributed by atoms with E-state index in [1.165, 1.54) is 6.92 Å². The molecule has 1 aliphatic carbocycles. The molecule has 3 unspecified atom stereocenters. The number of carbonyl (C=O) groups is 1. The molecule has 0 amide bonds. The van der Waals surface area contributed by atoms with E-state index < -0.39 is 20.7 Å². The number of fused-ring (bicyclic) bond motifs is 3. The normalized spacial score (nSPS) is 35.2. The molecule has 96 valence electrons. The highest BCUT2D eigenvalue weighted by Crippen LogP contribution is 2.58. The number of esters is 1. The van der Waals surface area contributed by atoms with E-state index in [1.807, 2.05) is 19.1 Å². The first-order valence-electron chi connectivity index (χ1n) is 5.89. The van der Waals surface area contributed by atoms with Crippen molar-refractivity contribution in [1.29, 1.82) is 0 Å². The van der Waals surface area contributed by atoms with Crippen molar-refractivity contribution in [3.63, 3.8) is 0 Å². The van der Waals surface area contributed by atoms with Gasteiger partial charge < -0.3 is 4.74 Å². The summed E-state index contributed by atoms with van der Waals surface area (Å²) < 4.78 is 29.9. The summed E-state index contributed by atoms with van der Waals surface area (Å²) in [6, 6.07) is 7.00. The minimum Gasteiger partial charge on any atom is -0.459 e. The van der Waals surface area contributed by atoms with Gasteiger partial charge in [-0.05, 0) is 18.6 Å². The fourth-order valence-electron chi connectivity index (χ4n) is 3.29. The Morgan fingerprint density at radius 1 is 1.39 bits per heavy atom. The number of carbonyl (C=O) groups excluding carboxylic acids is 1. The van der Waals surface area contributed by atoms with Gasteiger partial charge >= 0.3 is 5.97 Å². The first-order valence-corrected chi connectivity index (χ1v) is 7.43. The van der Waals surface area contributed by atoms with Crippen LogP contribution in [0.4, 0.5) is 0 Å². The van der Waals surface area contributed by atoms with Crippen LogP contribution in [0.5, 0.6) is 0 Å². The standard InChI is InChI=1S/C13H14O4S/c1-8(14)17-13(2)7-11-12(13)9-5-3-4-6-10(9)18(11,15)16/h3-6,11-12H,7H2,1-2H3. The molecule has 1 heterocycles. The lowest BCUT2D eigenvalue weighted by atomic mass is 9.67. The number of hydrogen-bond donors (Lipinski definition) is 0. The zero-order valence-corrected chi connectivity index (χ0v) is 11.0. The van der Waals surface area contributed by atoms with Crippen LogP contribution in [0.3, 0.4) is 0 Å². The Bertz CT molecular complexity index is 634. The lowest BCUT2D eigenvalue weighted by Crippen LogP contribution is -2.55. The summed E-state index contributed by atoms with van der Waals surface area (Å²) in [4.78, 5) is 11.5. The third-order valence-corrected chi connectivity index (χ3v) is 6.19. The van der Waals surface area contributed by atoms with E-state index in [9.17, 15) is 13.2 Å². The molecule has 0 aromatic heterocycles. The summed E-state index contributed by atoms with van der Waals surface area (Å²) >= 11 is 0. The summed E-state index contributed by atoms with van der Waals surface area (Å²) in [5, 5.41) is -0.431. The predicted molar refractivity (Wildman–Crippen MR) is 64.9 cm³/mol. The van der Waals surface area contributed by atoms with Crippen molar-refractivity contribution < 1.29 is 17.9 Å². The van der Waals surface area contributed by atoms with Crippen LogP contribution < -0.4 is 0 Å². The molecule has 0 radical (unpaired) electrons. The molecule has 3 rings (SSSR count). The van der Waals surface area contributed by atoms with Gasteiger partial charge in [0.05, 0.1) is 10.1 Å². The molecule has 1 aromatic rings. The van der Waals surface area contributed by atoms with Crippen molar-refractivity contribution in [3.8, 4) is 0 Å². The van der Waals surface area contributed by atoms with E-state index in [-0.39, 0.29) is 11.9 Å². The van der Waals surface area contributed by atoms with E-state index in [0.29, 0.717) is 11.3 Å². The Morgan fingerprint density at radius 2 is 2.06 bits per heavy atom. The third-order valence-electron chi connectivity index (χ3n) is 3.97. The molecule has 18 heavy (non-hydrogen) atoms. The molecule has 1 aliphatic heterocycles. The fourth-order valence-corrected chi connectivity index (χ4v) is 5.75. The van der Waals surface area contributed by atoms with Gasteiger partial charge in [-0.3, -0.25) is 4.79 Å². The first kappa shape index (κ1) is 11.7. The van der Waals surface area contributed by atoms with Crippen molar-refractivity contribution in [2.24, 2.45) is 0 Å². The van der Waals surface area contributed by atoms with Crippen LogP contribution in [-0.4, -0.2) is 25.2 Å². The van der Waals surface area contributed by atoms with Crippen molar-refractivity contribution in [2.75, 3.05) is 0 Å². The summed E-state index contributed by atoms with van der Waals surface area (Å²) in [6.45, 7) is 3.17. The van der Waals surface area contributed by atoms with Crippen molar-refractivity contribution in [2.45, 2.75) is 41.9 Å². The second-order valence-electron chi connectivity index (χ2n) is 5.21. The molecule has 2 aliphatic rings. The van der Waals surface area contributed by atoms with Crippen LogP contribution in [0.25, 0.3) is 0 Å². The van der Waals surface area contributed by atoms with Crippen LogP contribution >= 0.6 is 0 Å². The SMILES string of the molecule is CC(=O)OC1(C)CC2C1c1ccccc1S2(=O)=O. The molecule has 0 spiro atoms. The van der Waals surface area contributed by atoms with Crippen LogP contribution in [0, 0.1) is 0 Å². The maximum atomic E-state index is 12.3. The number of hydrogen-bond acceptors (Lipinski definition) is 4. The Morgan fingerprint density at radius 3 is 2.72 bits per heavy atom. The van der Waals surface area contributed by atoms with Crippen molar-refractivity contribution in [1.82, 2.24) is 0 Å². The first-order chi connectivity index (χ1) is 8.36. The van der Waals surface area contributed by atoms with Crippen LogP contribution in [-0.2, 0) is 19.4 Å². The fraction of sp³-hybridized carbons (Fsp3) is 0.462. The third kappa shape index (κ3) is 1.31. The molecular formula is C13H14O4S. The molecule has 1 aromatic carbocycles. The second kappa shape index (κ2) is 3.35. The minimum absolute atomic E-state index is 0.220. The van der Waals surface area contributed by atoms with Gasteiger partial charge in [-0.25, -0.2) is 8.42 Å². The zero-order chi connectivity index (χ0) is 13.1. The Kier molecular flexibility index (Phi) is 2.18. The average Bonchev–Trinajstić information content (AvgIpc) is 2.44. The van der Waals surface area contributed by atoms with Gasteiger partial charge in [0.15, 0.2) is 9.84 Å². The van der Waals surface area contributed by atoms with E-state index in [2.05, 4.69) is 0 Å². The largest absolute Gasteiger partial charge is 0.459 e. The average molecular weight is 266 g/mol. The summed E-state index contributed by atoms with van der Waals surface area (Å²) in [5.74, 6) is -0.583. The zero-order valence-electron chi connectivity index (χ0n) is 10.2. The molecule has 1 fully saturated rings. The summed E-state index contributed by atoms with van der Waals surface area (Å²) in [7, 11) is -3.24. The number of rotatable bonds is 1. The smallest absolute Gasteiger partial charge is 0.303 e. The highest BCUT2D eigenvalue weighted by atomic mass is 32.2. The number of benzene rings is 1. The molecule has 5 heteroatoms. The molecule has 0 saturated heterocycles. The van der Waals surface area contributed by atoms with Gasteiger partial charge in [-0.2, -0.15) is 0 Å². The van der Waals surface area contributed by atoms with E-state index in [4.69, 9.17) is 4.74 Å². The highest BCUT2D eigenvalue weighted by Gasteiger charge is 2.64. The monoisotopic (exact) mass is 266 g/mol. The highest BCUT2D eigenvalue weighted by molar-refractivity contribution is 7.92. The van der Waals surface area contributed by atoms with Gasteiger partial charge in [-0.15, -0.1) is 0 Å². The lowest BCUT2D eigenvalue weighted by Gasteiger charge is -2.47. The number of sulfone groups is 1. The van der Waals surface area contributed by atoms with Gasteiger partial charge in [-0.1, -0.05) is 18.2 Å². The van der Waals surface area contributed by atoms with Crippen LogP contribution in [0.1, 0.15) is 31.7 Å². The van der Waals surface area contributed by atoms with Crippen LogP contribution in [0.15, 0.2) is 29.2 Å². The topological polar surface area (TPSA) is 60.4 Å². The summed E-state index contributed by atoms with van der Waals surface area (Å²) in [6.07, 6.45) is 0.383. The second-order valence-corrected chi connectivity index (χ2v) is 7.34. The van der Waals surface area contributed by atoms with Gasteiger partial charge in [0.2, 0.25) is 0 Å². The molecule has 1 saturated carbocycles. The quantitative estimate of drug-likeness (QED) is 0.725. The lowest BCUT2D eigenvalue weighted by molar-refractivity contribution is -0.166. The molecule has 0 N–H and O–H groups in total. The molecule has 3 atom stereocenters. The number of ether oxygens (including phenoxy) is 1. The molecular weight excluding hydrogens is 252 g/mol. The maximum Gasteiger partial charge on any atom is 0.303 e. The Labute approximate surface area is 106 Å².